The topological polar surface area (TPSA) is 85.2 Å². The third-order valence-electron chi connectivity index (χ3n) is 4.74. The Hall–Kier alpha value is -1.19. The molecule has 3 heterocycles. The molecule has 1 N–H and O–H groups in total. The number of nitrogens with one attached hydrogen (secondary N) is 1. The van der Waals surface area contributed by atoms with Gasteiger partial charge in [0.15, 0.2) is 0 Å². The van der Waals surface area contributed by atoms with Gasteiger partial charge in [0.1, 0.15) is 0 Å². The minimum Gasteiger partial charge on any atom is -0.381 e. The van der Waals surface area contributed by atoms with Crippen molar-refractivity contribution in [1.82, 2.24) is 30.4 Å². The molecule has 2 aliphatic heterocycles. The molecule has 0 saturated carbocycles. The summed E-state index contributed by atoms with van der Waals surface area (Å²) in [6, 6.07) is 0.591. The molecule has 134 valence electrons. The van der Waals surface area contributed by atoms with Crippen LogP contribution in [0.15, 0.2) is 5.16 Å². The zero-order valence-electron chi connectivity index (χ0n) is 14.2. The SMILES string of the molecule is Cn1nnnc1SCCNC(=O)[C@@H]1CCCN(C2CCOCC2)C1. The van der Waals surface area contributed by atoms with Gasteiger partial charge in [0, 0.05) is 45.1 Å². The summed E-state index contributed by atoms with van der Waals surface area (Å²) < 4.78 is 7.08. The maximum atomic E-state index is 12.4. The molecule has 2 fully saturated rings. The second-order valence-corrected chi connectivity index (χ2v) is 7.46. The van der Waals surface area contributed by atoms with Gasteiger partial charge in [-0.15, -0.1) is 5.10 Å². The standard InChI is InChI=1S/C15H26N6O2S/c1-20-15(17-18-19-20)24-10-6-16-14(22)12-3-2-7-21(11-12)13-4-8-23-9-5-13/h12-13H,2-11H2,1H3,(H,16,22)/t12-/m1/s1. The largest absolute Gasteiger partial charge is 0.381 e. The Bertz CT molecular complexity index is 534. The molecular weight excluding hydrogens is 328 g/mol. The van der Waals surface area contributed by atoms with Gasteiger partial charge in [-0.2, -0.15) is 0 Å². The number of aromatic nitrogens is 4. The van der Waals surface area contributed by atoms with Gasteiger partial charge >= 0.3 is 0 Å². The van der Waals surface area contributed by atoms with Gasteiger partial charge in [0.25, 0.3) is 0 Å². The second-order valence-electron chi connectivity index (χ2n) is 6.40. The van der Waals surface area contributed by atoms with E-state index in [0.717, 1.165) is 62.9 Å². The van der Waals surface area contributed by atoms with E-state index in [0.29, 0.717) is 12.6 Å². The number of rotatable bonds is 6. The van der Waals surface area contributed by atoms with Gasteiger partial charge in [0.05, 0.1) is 5.92 Å². The number of aryl methyl sites for hydroxylation is 1. The normalized spacial score (nSPS) is 23.3. The first-order valence-electron chi connectivity index (χ1n) is 8.68. The average Bonchev–Trinajstić information content (AvgIpc) is 3.04. The summed E-state index contributed by atoms with van der Waals surface area (Å²) in [4.78, 5) is 14.9. The van der Waals surface area contributed by atoms with Crippen LogP contribution >= 0.6 is 11.8 Å². The van der Waals surface area contributed by atoms with Crippen molar-refractivity contribution in [2.45, 2.75) is 36.9 Å². The van der Waals surface area contributed by atoms with Crippen molar-refractivity contribution < 1.29 is 9.53 Å². The van der Waals surface area contributed by atoms with Crippen molar-refractivity contribution in [2.75, 3.05) is 38.6 Å². The van der Waals surface area contributed by atoms with Gasteiger partial charge in [-0.25, -0.2) is 4.68 Å². The van der Waals surface area contributed by atoms with Crippen LogP contribution in [0.4, 0.5) is 0 Å². The number of carbonyl (C=O) groups excluding carboxylic acids is 1. The summed E-state index contributed by atoms with van der Waals surface area (Å²) in [5, 5.41) is 15.2. The third-order valence-corrected chi connectivity index (χ3v) is 5.76. The Morgan fingerprint density at radius 1 is 1.38 bits per heavy atom. The molecule has 1 aromatic rings. The van der Waals surface area contributed by atoms with Crippen LogP contribution in [0, 0.1) is 5.92 Å². The van der Waals surface area contributed by atoms with Crippen LogP contribution in [-0.2, 0) is 16.6 Å². The van der Waals surface area contributed by atoms with E-state index in [1.165, 1.54) is 0 Å². The lowest BCUT2D eigenvalue weighted by Crippen LogP contribution is -2.48. The van der Waals surface area contributed by atoms with Gasteiger partial charge in [-0.05, 0) is 42.7 Å². The van der Waals surface area contributed by atoms with E-state index in [9.17, 15) is 4.79 Å². The molecular formula is C15H26N6O2S. The summed E-state index contributed by atoms with van der Waals surface area (Å²) >= 11 is 1.55. The highest BCUT2D eigenvalue weighted by molar-refractivity contribution is 7.99. The fourth-order valence-corrected chi connectivity index (χ4v) is 4.11. The Labute approximate surface area is 146 Å². The Morgan fingerprint density at radius 2 is 2.21 bits per heavy atom. The van der Waals surface area contributed by atoms with E-state index in [1.54, 1.807) is 16.4 Å². The maximum absolute atomic E-state index is 12.4. The molecule has 1 aromatic heterocycles. The molecule has 3 rings (SSSR count). The zero-order chi connectivity index (χ0) is 16.8. The highest BCUT2D eigenvalue weighted by Crippen LogP contribution is 2.23. The number of amides is 1. The van der Waals surface area contributed by atoms with Crippen molar-refractivity contribution in [3.05, 3.63) is 0 Å². The summed E-state index contributed by atoms with van der Waals surface area (Å²) in [5.74, 6) is 1.07. The van der Waals surface area contributed by atoms with E-state index < -0.39 is 0 Å². The lowest BCUT2D eigenvalue weighted by molar-refractivity contribution is -0.127. The van der Waals surface area contributed by atoms with Crippen molar-refractivity contribution in [3.8, 4) is 0 Å². The number of hydrogen-bond donors (Lipinski definition) is 1. The summed E-state index contributed by atoms with van der Waals surface area (Å²) in [5.41, 5.74) is 0. The van der Waals surface area contributed by atoms with Crippen molar-refractivity contribution >= 4 is 17.7 Å². The fourth-order valence-electron chi connectivity index (χ4n) is 3.41. The number of nitrogens with zero attached hydrogens (tertiary/aromatic N) is 5. The lowest BCUT2D eigenvalue weighted by atomic mass is 9.94. The number of piperidine rings is 1. The Balaban J connectivity index is 1.38. The van der Waals surface area contributed by atoms with E-state index in [1.807, 2.05) is 7.05 Å². The van der Waals surface area contributed by atoms with E-state index >= 15 is 0 Å². The highest BCUT2D eigenvalue weighted by Gasteiger charge is 2.30. The number of tetrazole rings is 1. The molecule has 0 aromatic carbocycles. The molecule has 0 radical (unpaired) electrons. The first-order chi connectivity index (χ1) is 11.7. The Kier molecular flexibility index (Phi) is 6.44. The van der Waals surface area contributed by atoms with Crippen LogP contribution in [0.1, 0.15) is 25.7 Å². The van der Waals surface area contributed by atoms with Crippen LogP contribution in [-0.4, -0.2) is 75.7 Å². The average molecular weight is 354 g/mol. The minimum absolute atomic E-state index is 0.114. The van der Waals surface area contributed by atoms with Crippen molar-refractivity contribution in [1.29, 1.82) is 0 Å². The van der Waals surface area contributed by atoms with E-state index in [2.05, 4.69) is 25.7 Å². The zero-order valence-corrected chi connectivity index (χ0v) is 15.0. The first kappa shape index (κ1) is 17.6. The highest BCUT2D eigenvalue weighted by atomic mass is 32.2. The van der Waals surface area contributed by atoms with E-state index in [-0.39, 0.29) is 11.8 Å². The van der Waals surface area contributed by atoms with E-state index in [4.69, 9.17) is 4.74 Å². The summed E-state index contributed by atoms with van der Waals surface area (Å²) in [6.07, 6.45) is 4.29. The number of carbonyl (C=O) groups is 1. The number of likely N-dealkylation sites (tertiary alicyclic amines) is 1. The molecule has 2 saturated heterocycles. The quantitative estimate of drug-likeness (QED) is 0.581. The minimum atomic E-state index is 0.114. The molecule has 9 heteroatoms. The first-order valence-corrected chi connectivity index (χ1v) is 9.67. The molecule has 8 nitrogen and oxygen atoms in total. The van der Waals surface area contributed by atoms with Gasteiger partial charge in [-0.1, -0.05) is 11.8 Å². The molecule has 1 amide bonds. The lowest BCUT2D eigenvalue weighted by Gasteiger charge is -2.39. The van der Waals surface area contributed by atoms with Gasteiger partial charge in [-0.3, -0.25) is 9.69 Å². The van der Waals surface area contributed by atoms with Crippen molar-refractivity contribution in [3.63, 3.8) is 0 Å². The number of ether oxygens (including phenoxy) is 1. The van der Waals surface area contributed by atoms with Gasteiger partial charge in [0.2, 0.25) is 11.1 Å². The summed E-state index contributed by atoms with van der Waals surface area (Å²) in [7, 11) is 1.81. The molecule has 2 aliphatic rings. The van der Waals surface area contributed by atoms with Crippen LogP contribution in [0.5, 0.6) is 0 Å². The number of hydrogen-bond acceptors (Lipinski definition) is 7. The van der Waals surface area contributed by atoms with Crippen LogP contribution < -0.4 is 5.32 Å². The van der Waals surface area contributed by atoms with Crippen LogP contribution in [0.3, 0.4) is 0 Å². The predicted octanol–water partition coefficient (Wildman–Crippen LogP) is 0.309. The van der Waals surface area contributed by atoms with Crippen LogP contribution in [0.25, 0.3) is 0 Å². The van der Waals surface area contributed by atoms with Crippen molar-refractivity contribution in [2.24, 2.45) is 13.0 Å². The summed E-state index contributed by atoms with van der Waals surface area (Å²) in [6.45, 7) is 4.35. The molecule has 0 unspecified atom stereocenters. The monoisotopic (exact) mass is 354 g/mol. The molecule has 24 heavy (non-hydrogen) atoms. The number of thioether (sulfide) groups is 1. The molecule has 1 atom stereocenters. The fraction of sp³-hybridized carbons (Fsp3) is 0.867. The molecule has 0 aliphatic carbocycles. The smallest absolute Gasteiger partial charge is 0.224 e. The predicted molar refractivity (Wildman–Crippen MR) is 90.7 cm³/mol. The molecule has 0 spiro atoms. The Morgan fingerprint density at radius 3 is 2.96 bits per heavy atom. The van der Waals surface area contributed by atoms with Crippen LogP contribution in [0.2, 0.25) is 0 Å². The maximum Gasteiger partial charge on any atom is 0.224 e. The third kappa shape index (κ3) is 4.67. The second kappa shape index (κ2) is 8.77. The molecule has 0 bridgehead atoms. The van der Waals surface area contributed by atoms with Gasteiger partial charge < -0.3 is 10.1 Å².